The molecule has 0 aliphatic carbocycles. The van der Waals surface area contributed by atoms with Crippen molar-refractivity contribution < 1.29 is 44.4 Å². The van der Waals surface area contributed by atoms with Crippen LogP contribution in [0.5, 0.6) is 0 Å². The molecule has 0 bridgehead atoms. The van der Waals surface area contributed by atoms with Crippen LogP contribution in [0.4, 0.5) is 0 Å². The summed E-state index contributed by atoms with van der Waals surface area (Å²) >= 11 is 0. The Bertz CT molecular complexity index is 760. The normalized spacial score (nSPS) is 19.5. The van der Waals surface area contributed by atoms with Gasteiger partial charge in [0.1, 0.15) is 17.9 Å². The molecular weight excluding hydrogens is 488 g/mol. The van der Waals surface area contributed by atoms with Gasteiger partial charge in [-0.05, 0) is 12.3 Å². The molecule has 0 saturated carbocycles. The molecular formula is C24H42N4O9. The molecule has 13 nitrogen and oxygen atoms in total. The molecule has 0 radical (unpaired) electrons. The van der Waals surface area contributed by atoms with E-state index in [4.69, 9.17) is 0 Å². The van der Waals surface area contributed by atoms with Crippen LogP contribution < -0.4 is 0 Å². The van der Waals surface area contributed by atoms with Crippen molar-refractivity contribution in [3.63, 3.8) is 0 Å². The van der Waals surface area contributed by atoms with Crippen molar-refractivity contribution in [2.24, 2.45) is 5.92 Å². The first kappa shape index (κ1) is 32.4. The first-order valence-corrected chi connectivity index (χ1v) is 12.7. The van der Waals surface area contributed by atoms with E-state index in [1.165, 1.54) is 0 Å². The van der Waals surface area contributed by atoms with Gasteiger partial charge in [-0.1, -0.05) is 20.8 Å². The Morgan fingerprint density at radius 2 is 1.11 bits per heavy atom. The van der Waals surface area contributed by atoms with Gasteiger partial charge in [-0.3, -0.25) is 43.6 Å². The SMILES string of the molecule is CCC(=O)CCC(C(=O)O)N1CCN(CC(=O)O)CCN(C(C(=O)O)C(C)C)CCN(CC(=O)O)CC1. The average molecular weight is 531 g/mol. The topological polar surface area (TPSA) is 179 Å². The molecule has 0 aromatic heterocycles. The predicted octanol–water partition coefficient (Wildman–Crippen LogP) is -0.301. The van der Waals surface area contributed by atoms with Crippen molar-refractivity contribution in [1.29, 1.82) is 0 Å². The third-order valence-electron chi connectivity index (χ3n) is 6.63. The molecule has 212 valence electrons. The number of hydrogen-bond acceptors (Lipinski definition) is 9. The summed E-state index contributed by atoms with van der Waals surface area (Å²) in [5.41, 5.74) is 0. The Hall–Kier alpha value is -2.61. The van der Waals surface area contributed by atoms with Crippen molar-refractivity contribution in [2.75, 3.05) is 65.4 Å². The van der Waals surface area contributed by atoms with Gasteiger partial charge in [-0.2, -0.15) is 0 Å². The van der Waals surface area contributed by atoms with Gasteiger partial charge in [-0.15, -0.1) is 0 Å². The van der Waals surface area contributed by atoms with Gasteiger partial charge in [0, 0.05) is 65.2 Å². The second-order valence-electron chi connectivity index (χ2n) is 9.72. The molecule has 1 saturated heterocycles. The molecule has 4 N–H and O–H groups in total. The Morgan fingerprint density at radius 1 is 0.676 bits per heavy atom. The summed E-state index contributed by atoms with van der Waals surface area (Å²) in [6, 6.07) is -1.81. The van der Waals surface area contributed by atoms with Crippen LogP contribution in [0.15, 0.2) is 0 Å². The number of carboxylic acids is 4. The monoisotopic (exact) mass is 530 g/mol. The zero-order chi connectivity index (χ0) is 28.1. The third-order valence-corrected chi connectivity index (χ3v) is 6.63. The highest BCUT2D eigenvalue weighted by Crippen LogP contribution is 2.14. The molecule has 2 unspecified atom stereocenters. The van der Waals surface area contributed by atoms with Gasteiger partial charge in [0.15, 0.2) is 0 Å². The molecule has 1 aliphatic heterocycles. The lowest BCUT2D eigenvalue weighted by Gasteiger charge is -2.37. The fourth-order valence-electron chi connectivity index (χ4n) is 4.62. The number of carbonyl (C=O) groups excluding carboxylic acids is 1. The number of hydrogen-bond donors (Lipinski definition) is 4. The Morgan fingerprint density at radius 3 is 1.43 bits per heavy atom. The van der Waals surface area contributed by atoms with Crippen LogP contribution in [-0.2, 0) is 24.0 Å². The standard InChI is InChI=1S/C24H42N4O9/c1-4-18(29)5-6-19(23(34)35)27-11-7-25(15-20(30)31)9-13-28(22(17(2)3)24(36)37)14-10-26(8-12-27)16-21(32)33/h17,19,22H,4-16H2,1-3H3,(H,30,31)(H,32,33)(H,34,35)(H,36,37). The predicted molar refractivity (Wildman–Crippen MR) is 134 cm³/mol. The maximum absolute atomic E-state index is 12.1. The molecule has 1 heterocycles. The van der Waals surface area contributed by atoms with Gasteiger partial charge in [-0.25, -0.2) is 0 Å². The van der Waals surface area contributed by atoms with E-state index in [9.17, 15) is 44.4 Å². The van der Waals surface area contributed by atoms with Crippen molar-refractivity contribution in [1.82, 2.24) is 19.6 Å². The highest BCUT2D eigenvalue weighted by molar-refractivity contribution is 5.80. The van der Waals surface area contributed by atoms with E-state index in [1.54, 1.807) is 40.4 Å². The molecule has 13 heteroatoms. The van der Waals surface area contributed by atoms with Gasteiger partial charge >= 0.3 is 23.9 Å². The molecule has 1 rings (SSSR count). The summed E-state index contributed by atoms with van der Waals surface area (Å²) in [6.07, 6.45) is 0.500. The summed E-state index contributed by atoms with van der Waals surface area (Å²) in [4.78, 5) is 65.7. The summed E-state index contributed by atoms with van der Waals surface area (Å²) in [5, 5.41) is 38.5. The van der Waals surface area contributed by atoms with E-state index in [1.807, 2.05) is 0 Å². The summed E-state index contributed by atoms with van der Waals surface area (Å²) < 4.78 is 0. The molecule has 0 aromatic rings. The fraction of sp³-hybridized carbons (Fsp3) is 0.792. The number of rotatable bonds is 13. The first-order valence-electron chi connectivity index (χ1n) is 12.7. The van der Waals surface area contributed by atoms with Gasteiger partial charge in [0.2, 0.25) is 0 Å². The van der Waals surface area contributed by atoms with Crippen LogP contribution >= 0.6 is 0 Å². The van der Waals surface area contributed by atoms with E-state index < -0.39 is 36.0 Å². The number of Topliss-reactive ketones (excluding diaryl/α,β-unsaturated/α-hetero) is 1. The van der Waals surface area contributed by atoms with Crippen LogP contribution in [0.25, 0.3) is 0 Å². The lowest BCUT2D eigenvalue weighted by Crippen LogP contribution is -2.54. The maximum atomic E-state index is 12.1. The van der Waals surface area contributed by atoms with Crippen LogP contribution in [0, 0.1) is 5.92 Å². The minimum atomic E-state index is -1.10. The summed E-state index contributed by atoms with van der Waals surface area (Å²) in [5.74, 6) is -4.51. The smallest absolute Gasteiger partial charge is 0.321 e. The molecule has 1 fully saturated rings. The lowest BCUT2D eigenvalue weighted by molar-refractivity contribution is -0.146. The van der Waals surface area contributed by atoms with Crippen molar-refractivity contribution >= 4 is 29.7 Å². The molecule has 0 amide bonds. The third kappa shape index (κ3) is 12.0. The van der Waals surface area contributed by atoms with E-state index in [0.717, 1.165) is 0 Å². The van der Waals surface area contributed by atoms with Crippen LogP contribution in [0.2, 0.25) is 0 Å². The number of ketones is 1. The fourth-order valence-corrected chi connectivity index (χ4v) is 4.62. The Kier molecular flexibility index (Phi) is 14.3. The van der Waals surface area contributed by atoms with Gasteiger partial charge in [0.05, 0.1) is 13.1 Å². The number of nitrogens with zero attached hydrogens (tertiary/aromatic N) is 4. The first-order chi connectivity index (χ1) is 17.3. The van der Waals surface area contributed by atoms with E-state index in [2.05, 4.69) is 0 Å². The summed E-state index contributed by atoms with van der Waals surface area (Å²) in [7, 11) is 0. The quantitative estimate of drug-likeness (QED) is 0.244. The van der Waals surface area contributed by atoms with Crippen LogP contribution in [0.1, 0.15) is 40.0 Å². The van der Waals surface area contributed by atoms with Crippen LogP contribution in [-0.4, -0.2) is 147 Å². The van der Waals surface area contributed by atoms with E-state index in [-0.39, 0.29) is 90.0 Å². The van der Waals surface area contributed by atoms with Crippen LogP contribution in [0.3, 0.4) is 0 Å². The highest BCUT2D eigenvalue weighted by Gasteiger charge is 2.31. The second kappa shape index (κ2) is 16.3. The largest absolute Gasteiger partial charge is 0.480 e. The second-order valence-corrected chi connectivity index (χ2v) is 9.72. The zero-order valence-electron chi connectivity index (χ0n) is 22.0. The number of aliphatic carboxylic acids is 4. The molecule has 0 aromatic carbocycles. The van der Waals surface area contributed by atoms with Crippen molar-refractivity contribution in [2.45, 2.75) is 52.1 Å². The van der Waals surface area contributed by atoms with E-state index in [0.29, 0.717) is 6.42 Å². The Balaban J connectivity index is 3.26. The lowest BCUT2D eigenvalue weighted by atomic mass is 10.0. The minimum Gasteiger partial charge on any atom is -0.480 e. The average Bonchev–Trinajstić information content (AvgIpc) is 2.78. The molecule has 37 heavy (non-hydrogen) atoms. The minimum absolute atomic E-state index is 0.0566. The molecule has 2 atom stereocenters. The number of carbonyl (C=O) groups is 5. The highest BCUT2D eigenvalue weighted by atomic mass is 16.4. The Labute approximate surface area is 217 Å². The maximum Gasteiger partial charge on any atom is 0.321 e. The van der Waals surface area contributed by atoms with E-state index >= 15 is 0 Å². The summed E-state index contributed by atoms with van der Waals surface area (Å²) in [6.45, 7) is 6.47. The van der Waals surface area contributed by atoms with Gasteiger partial charge < -0.3 is 20.4 Å². The zero-order valence-corrected chi connectivity index (χ0v) is 22.0. The molecule has 1 aliphatic rings. The van der Waals surface area contributed by atoms with Gasteiger partial charge in [0.25, 0.3) is 0 Å². The molecule has 0 spiro atoms. The number of carboxylic acid groups (broad SMARTS) is 4. The van der Waals surface area contributed by atoms with Crippen molar-refractivity contribution in [3.8, 4) is 0 Å². The van der Waals surface area contributed by atoms with Crippen molar-refractivity contribution in [3.05, 3.63) is 0 Å².